The zero-order chi connectivity index (χ0) is 68.1. The van der Waals surface area contributed by atoms with E-state index in [1.807, 2.05) is 48.5 Å². The van der Waals surface area contributed by atoms with E-state index in [0.29, 0.717) is 22.6 Å². The monoisotopic (exact) mass is 1330 g/mol. The van der Waals surface area contributed by atoms with Crippen molar-refractivity contribution in [3.8, 4) is 51.3 Å². The molecule has 0 spiro atoms. The lowest BCUT2D eigenvalue weighted by Crippen LogP contribution is -2.64. The van der Waals surface area contributed by atoms with Gasteiger partial charge >= 0.3 is 0 Å². The van der Waals surface area contributed by atoms with Gasteiger partial charge in [0.25, 0.3) is 18.2 Å². The third kappa shape index (κ3) is 17.5. The molecule has 14 atom stereocenters. The van der Waals surface area contributed by atoms with Crippen LogP contribution in [0.4, 0.5) is 0 Å². The van der Waals surface area contributed by atoms with Crippen molar-refractivity contribution >= 4 is 59.6 Å². The third-order valence-electron chi connectivity index (χ3n) is 16.1. The first-order valence-corrected chi connectivity index (χ1v) is 30.6. The van der Waals surface area contributed by atoms with E-state index in [2.05, 4.69) is 53.1 Å². The summed E-state index contributed by atoms with van der Waals surface area (Å²) in [5.74, 6) is -11.0. The van der Waals surface area contributed by atoms with E-state index in [4.69, 9.17) is 24.3 Å². The summed E-state index contributed by atoms with van der Waals surface area (Å²) in [5, 5.41) is 122. The number of benzene rings is 4. The van der Waals surface area contributed by atoms with Crippen LogP contribution in [0.5, 0.6) is 17.2 Å². The number of β-amino-alcohol motifs (C(OH)–C–C–N with tert-alkyl or cyclic N) is 1. The van der Waals surface area contributed by atoms with Crippen LogP contribution in [0.25, 0.3) is 34.0 Å². The molecule has 4 aromatic carbocycles. The molecule has 13 unspecified atom stereocenters. The average molecular weight is 1330 g/mol. The molecule has 0 saturated carbocycles. The van der Waals surface area contributed by atoms with Crippen LogP contribution in [0.2, 0.25) is 0 Å². The van der Waals surface area contributed by atoms with Crippen LogP contribution in [-0.4, -0.2) is 212 Å². The number of aliphatic hydroxyl groups is 7. The number of primary amides is 1. The Morgan fingerprint density at radius 3 is 1.98 bits per heavy atom. The Bertz CT molecular complexity index is 3480. The number of aromatic hydroxyl groups is 1. The highest BCUT2D eigenvalue weighted by Gasteiger charge is 2.50. The number of carbonyl (C=O) groups excluding carboxylic acids is 8. The van der Waals surface area contributed by atoms with Gasteiger partial charge in [0.15, 0.2) is 11.5 Å². The number of nitrogens with zero attached hydrogens (tertiary/aromatic N) is 4. The first-order chi connectivity index (χ1) is 44.9. The number of rotatable bonds is 21. The molecule has 33 heteroatoms. The highest BCUT2D eigenvalue weighted by atomic mass is 32.2. The standard InChI is InChI=1S/C61H74N10O22S/c1-4-5-6-21-89-39-18-15-32(16-19-39)31-7-11-34(12-8-31)58-68-69-59(90-58)35-13-9-33(10-14-35)53(81)64-40-23-37(73)26-63-57(85)49-50(78)29(2)27-71(49)61(87)47(43(76)25-45(62)77)66-56(84)48(52(80)51(79)36-17-20-42(75)44(22-36)91-94-93-92-88)67-55(83)41-24-38(74)28-70(41)60(86)46(30(3)72)65-54(40)82/h7-20,22,29-30,37-38,40-41,43,46-52,72-76,78-80,88H,4-6,21,23-28H2,1-3H3,(H2,62,77)(H,63,85)(H,64,81)(H,65,82)(H,66,84)(H,67,83)/t29?,30?,37?,38?,40-,41?,43?,46?,47?,48?,49?,50?,51?,52?/m0/s1. The summed E-state index contributed by atoms with van der Waals surface area (Å²) in [6.07, 6.45) is -13.1. The summed E-state index contributed by atoms with van der Waals surface area (Å²) in [6, 6.07) is 11.4. The fraction of sp³-hybridized carbons (Fsp3) is 0.443. The van der Waals surface area contributed by atoms with Gasteiger partial charge in [-0.25, -0.2) is 5.26 Å². The Morgan fingerprint density at radius 2 is 1.35 bits per heavy atom. The van der Waals surface area contributed by atoms with Crippen molar-refractivity contribution in [2.75, 3.05) is 26.2 Å². The molecular weight excluding hydrogens is 1260 g/mol. The number of nitrogens with two attached hydrogens (primary N) is 1. The molecule has 4 heterocycles. The lowest BCUT2D eigenvalue weighted by atomic mass is 9.96. The molecule has 0 bridgehead atoms. The van der Waals surface area contributed by atoms with E-state index in [0.717, 1.165) is 66.2 Å². The van der Waals surface area contributed by atoms with Gasteiger partial charge in [0, 0.05) is 55.1 Å². The number of ether oxygens (including phenoxy) is 1. The van der Waals surface area contributed by atoms with Crippen LogP contribution >= 0.6 is 12.3 Å². The number of hydrogen-bond donors (Lipinski definition) is 15. The summed E-state index contributed by atoms with van der Waals surface area (Å²) < 4.78 is 21.0. The van der Waals surface area contributed by atoms with Gasteiger partial charge in [0.1, 0.15) is 54.2 Å². The number of hydrogen-bond acceptors (Lipinski definition) is 25. The maximum Gasteiger partial charge on any atom is 0.261 e. The van der Waals surface area contributed by atoms with Gasteiger partial charge in [-0.1, -0.05) is 66.4 Å². The Hall–Kier alpha value is -8.87. The van der Waals surface area contributed by atoms with Crippen molar-refractivity contribution in [1.82, 2.24) is 46.6 Å². The molecule has 3 aliphatic heterocycles. The second kappa shape index (κ2) is 32.3. The van der Waals surface area contributed by atoms with Crippen LogP contribution < -0.4 is 41.2 Å². The molecule has 3 aliphatic rings. The molecule has 16 N–H and O–H groups in total. The molecule has 94 heavy (non-hydrogen) atoms. The average Bonchev–Trinajstić information content (AvgIpc) is 1.57. The molecule has 3 saturated heterocycles. The van der Waals surface area contributed by atoms with Gasteiger partial charge in [0.2, 0.25) is 53.1 Å². The van der Waals surface area contributed by atoms with Crippen LogP contribution in [0, 0.1) is 5.92 Å². The molecule has 32 nitrogen and oxygen atoms in total. The Balaban J connectivity index is 1.07. The normalized spacial score (nSPS) is 24.7. The minimum absolute atomic E-state index is 0.0267. The van der Waals surface area contributed by atoms with Crippen molar-refractivity contribution < 1.29 is 107 Å². The number of fused-ring (bicyclic) bond motifs is 2. The summed E-state index contributed by atoms with van der Waals surface area (Å²) in [7, 11) is 0. The van der Waals surface area contributed by atoms with Crippen LogP contribution in [0.15, 0.2) is 95.4 Å². The van der Waals surface area contributed by atoms with E-state index >= 15 is 0 Å². The third-order valence-corrected chi connectivity index (χ3v) is 16.5. The van der Waals surface area contributed by atoms with Crippen molar-refractivity contribution in [2.24, 2.45) is 11.7 Å². The summed E-state index contributed by atoms with van der Waals surface area (Å²) in [6.45, 7) is 3.41. The number of nitrogens with one attached hydrogen (secondary N) is 5. The van der Waals surface area contributed by atoms with Gasteiger partial charge in [-0.15, -0.1) is 10.2 Å². The minimum Gasteiger partial charge on any atom is -0.504 e. The molecule has 0 radical (unpaired) electrons. The number of unbranched alkanes of at least 4 members (excludes halogenated alkanes) is 2. The maximum absolute atomic E-state index is 14.7. The second-order valence-electron chi connectivity index (χ2n) is 23.0. The van der Waals surface area contributed by atoms with Crippen molar-refractivity contribution in [3.63, 3.8) is 0 Å². The minimum atomic E-state index is -2.54. The van der Waals surface area contributed by atoms with Gasteiger partial charge < -0.3 is 96.3 Å². The first kappa shape index (κ1) is 71.0. The largest absolute Gasteiger partial charge is 0.504 e. The molecule has 0 aliphatic carbocycles. The van der Waals surface area contributed by atoms with E-state index in [9.17, 15) is 79.2 Å². The predicted molar refractivity (Wildman–Crippen MR) is 327 cm³/mol. The fourth-order valence-corrected chi connectivity index (χ4v) is 11.2. The molecule has 506 valence electrons. The van der Waals surface area contributed by atoms with Crippen molar-refractivity contribution in [3.05, 3.63) is 102 Å². The van der Waals surface area contributed by atoms with Crippen molar-refractivity contribution in [1.29, 1.82) is 0 Å². The molecule has 5 aromatic rings. The SMILES string of the molecule is CCCCCOc1ccc(-c2ccc(-c3nnc(-c4ccc(C(=O)N[C@H]5CC(O)CNC(=O)C6C(O)C(C)CN6C(=O)C(C(O)CC(N)=O)NC(=O)C(C(O)C(O)c6ccc(O)c(OSOOO)c6)NC(=O)C6CC(O)CN6C(=O)C(C(C)O)NC5=O)cc4)o3)cc2)cc1. The zero-order valence-electron chi connectivity index (χ0n) is 50.9. The van der Waals surface area contributed by atoms with E-state index in [1.165, 1.54) is 31.2 Å². The van der Waals surface area contributed by atoms with Crippen LogP contribution in [-0.2, 0) is 42.9 Å². The van der Waals surface area contributed by atoms with Gasteiger partial charge in [-0.3, -0.25) is 38.4 Å². The molecule has 8 amide bonds. The number of amides is 8. The summed E-state index contributed by atoms with van der Waals surface area (Å²) in [5.41, 5.74) is 7.87. The van der Waals surface area contributed by atoms with Gasteiger partial charge in [0.05, 0.1) is 43.5 Å². The molecular formula is C61H74N10O22S. The quantitative estimate of drug-likeness (QED) is 0.0182. The fourth-order valence-electron chi connectivity index (χ4n) is 11.0. The number of aromatic nitrogens is 2. The summed E-state index contributed by atoms with van der Waals surface area (Å²) >= 11 is -0.0267. The highest BCUT2D eigenvalue weighted by Crippen LogP contribution is 2.35. The van der Waals surface area contributed by atoms with Crippen molar-refractivity contribution in [2.45, 2.75) is 138 Å². The van der Waals surface area contributed by atoms with E-state index in [-0.39, 0.29) is 35.2 Å². The Morgan fingerprint density at radius 1 is 0.745 bits per heavy atom. The topological polar surface area (TPSA) is 487 Å². The molecule has 8 rings (SSSR count). The second-order valence-corrected chi connectivity index (χ2v) is 23.4. The van der Waals surface area contributed by atoms with Crippen LogP contribution in [0.1, 0.15) is 81.3 Å². The smallest absolute Gasteiger partial charge is 0.261 e. The van der Waals surface area contributed by atoms with Gasteiger partial charge in [-0.05, 0) is 90.7 Å². The Labute approximate surface area is 541 Å². The summed E-state index contributed by atoms with van der Waals surface area (Å²) in [4.78, 5) is 115. The number of phenols is 1. The first-order valence-electron chi connectivity index (χ1n) is 29.9. The van der Waals surface area contributed by atoms with Crippen LogP contribution in [0.3, 0.4) is 0 Å². The maximum atomic E-state index is 14.7. The highest BCUT2D eigenvalue weighted by molar-refractivity contribution is 7.90. The van der Waals surface area contributed by atoms with E-state index in [1.54, 1.807) is 0 Å². The number of aliphatic hydroxyl groups excluding tert-OH is 7. The molecule has 3 fully saturated rings. The predicted octanol–water partition coefficient (Wildman–Crippen LogP) is -0.977. The lowest BCUT2D eigenvalue weighted by molar-refractivity contribution is -0.433. The van der Waals surface area contributed by atoms with E-state index < -0.39 is 183 Å². The number of phenolic OH excluding ortho intramolecular Hbond substituents is 1. The lowest BCUT2D eigenvalue weighted by Gasteiger charge is -2.34. The number of carbonyl (C=O) groups is 8. The zero-order valence-corrected chi connectivity index (χ0v) is 51.7. The Kier molecular flexibility index (Phi) is 24.4. The molecule has 1 aromatic heterocycles. The van der Waals surface area contributed by atoms with Gasteiger partial charge in [-0.2, -0.15) is 0 Å².